The number of fused-ring (bicyclic) bond motifs is 1. The molecule has 0 spiro atoms. The fraction of sp³-hybridized carbons (Fsp3) is 0.500. The van der Waals surface area contributed by atoms with E-state index in [2.05, 4.69) is 56.2 Å². The van der Waals surface area contributed by atoms with Crippen LogP contribution in [0, 0.1) is 11.3 Å². The second-order valence-electron chi connectivity index (χ2n) is 4.88. The van der Waals surface area contributed by atoms with Gasteiger partial charge >= 0.3 is 0 Å². The fourth-order valence-electron chi connectivity index (χ4n) is 1.76. The van der Waals surface area contributed by atoms with Crippen LogP contribution in [-0.2, 0) is 0 Å². The Morgan fingerprint density at radius 1 is 1.38 bits per heavy atom. The molecule has 0 aromatic heterocycles. The van der Waals surface area contributed by atoms with E-state index in [1.165, 1.54) is 5.70 Å². The molecule has 2 aliphatic rings. The molecule has 0 amide bonds. The molecule has 0 radical (unpaired) electrons. The van der Waals surface area contributed by atoms with Crippen LogP contribution < -0.4 is 0 Å². The second-order valence-corrected chi connectivity index (χ2v) is 4.88. The van der Waals surface area contributed by atoms with E-state index in [-0.39, 0.29) is 0 Å². The Balaban J connectivity index is 2.23. The molecule has 0 saturated carbocycles. The molecule has 0 aromatic rings. The number of hydrogen-bond donors (Lipinski definition) is 0. The van der Waals surface area contributed by atoms with Crippen LogP contribution in [0.1, 0.15) is 20.8 Å². The summed E-state index contributed by atoms with van der Waals surface area (Å²) in [4.78, 5) is 2.28. The van der Waals surface area contributed by atoms with Crippen LogP contribution >= 0.6 is 0 Å². The molecule has 1 nitrogen and oxygen atoms in total. The lowest BCUT2D eigenvalue weighted by Crippen LogP contribution is -2.23. The van der Waals surface area contributed by atoms with Crippen LogP contribution in [0.5, 0.6) is 0 Å². The van der Waals surface area contributed by atoms with E-state index in [0.29, 0.717) is 11.3 Å². The highest BCUT2D eigenvalue weighted by Gasteiger charge is 2.24. The average molecular weight is 175 g/mol. The van der Waals surface area contributed by atoms with E-state index < -0.39 is 0 Å². The first-order valence-corrected chi connectivity index (χ1v) is 4.91. The van der Waals surface area contributed by atoms with Gasteiger partial charge in [0.25, 0.3) is 0 Å². The first kappa shape index (κ1) is 8.61. The summed E-state index contributed by atoms with van der Waals surface area (Å²) in [7, 11) is 0. The van der Waals surface area contributed by atoms with Crippen molar-refractivity contribution < 1.29 is 0 Å². The van der Waals surface area contributed by atoms with Gasteiger partial charge in [0.05, 0.1) is 0 Å². The standard InChI is InChI=1S/C12H17N/c1-12(2,3)10-6-8-13-7-4-5-11(13)9-10/h4-6,8-10H,7H2,1-3H3. The lowest BCUT2D eigenvalue weighted by Gasteiger charge is -2.31. The molecular weight excluding hydrogens is 158 g/mol. The van der Waals surface area contributed by atoms with Crippen LogP contribution in [0.2, 0.25) is 0 Å². The van der Waals surface area contributed by atoms with Crippen LogP contribution in [0.4, 0.5) is 0 Å². The predicted molar refractivity (Wildman–Crippen MR) is 56.0 cm³/mol. The molecule has 2 heterocycles. The Morgan fingerprint density at radius 2 is 2.15 bits per heavy atom. The summed E-state index contributed by atoms with van der Waals surface area (Å²) in [6, 6.07) is 0. The molecule has 0 bridgehead atoms. The Morgan fingerprint density at radius 3 is 2.85 bits per heavy atom. The molecule has 70 valence electrons. The Bertz CT molecular complexity index is 289. The highest BCUT2D eigenvalue weighted by Crippen LogP contribution is 2.33. The highest BCUT2D eigenvalue weighted by atomic mass is 15.1. The third-order valence-corrected chi connectivity index (χ3v) is 2.75. The summed E-state index contributed by atoms with van der Waals surface area (Å²) in [5, 5.41) is 0. The SMILES string of the molecule is CC(C)(C)C1C=CN2CC=CC2=C1. The average Bonchev–Trinajstić information content (AvgIpc) is 2.47. The lowest BCUT2D eigenvalue weighted by molar-refractivity contribution is 0.329. The topological polar surface area (TPSA) is 3.24 Å². The summed E-state index contributed by atoms with van der Waals surface area (Å²) in [6.45, 7) is 7.90. The second kappa shape index (κ2) is 2.76. The zero-order valence-corrected chi connectivity index (χ0v) is 8.62. The zero-order chi connectivity index (χ0) is 9.47. The minimum atomic E-state index is 0.339. The number of allylic oxidation sites excluding steroid dienone is 3. The monoisotopic (exact) mass is 175 g/mol. The third kappa shape index (κ3) is 1.55. The van der Waals surface area contributed by atoms with Crippen molar-refractivity contribution in [2.45, 2.75) is 20.8 Å². The molecular formula is C12H17N. The molecule has 0 N–H and O–H groups in total. The molecule has 0 saturated heterocycles. The Hall–Kier alpha value is -0.980. The van der Waals surface area contributed by atoms with Gasteiger partial charge in [0, 0.05) is 24.4 Å². The lowest BCUT2D eigenvalue weighted by atomic mass is 9.79. The molecule has 1 heteroatoms. The van der Waals surface area contributed by atoms with Crippen molar-refractivity contribution in [2.75, 3.05) is 6.54 Å². The summed E-state index contributed by atoms with van der Waals surface area (Å²) >= 11 is 0. The van der Waals surface area contributed by atoms with Crippen molar-refractivity contribution in [2.24, 2.45) is 11.3 Å². The van der Waals surface area contributed by atoms with Crippen LogP contribution in [0.25, 0.3) is 0 Å². The van der Waals surface area contributed by atoms with Gasteiger partial charge in [-0.25, -0.2) is 0 Å². The predicted octanol–water partition coefficient (Wildman–Crippen LogP) is 2.93. The van der Waals surface area contributed by atoms with Gasteiger partial charge in [-0.1, -0.05) is 39.0 Å². The molecule has 2 aliphatic heterocycles. The van der Waals surface area contributed by atoms with Crippen molar-refractivity contribution in [3.8, 4) is 0 Å². The van der Waals surface area contributed by atoms with E-state index in [0.717, 1.165) is 6.54 Å². The third-order valence-electron chi connectivity index (χ3n) is 2.75. The van der Waals surface area contributed by atoms with Crippen LogP contribution in [0.15, 0.2) is 36.2 Å². The molecule has 13 heavy (non-hydrogen) atoms. The van der Waals surface area contributed by atoms with E-state index in [9.17, 15) is 0 Å². The van der Waals surface area contributed by atoms with Gasteiger partial charge in [-0.2, -0.15) is 0 Å². The molecule has 0 aromatic carbocycles. The first-order valence-electron chi connectivity index (χ1n) is 4.91. The van der Waals surface area contributed by atoms with Gasteiger partial charge in [0.1, 0.15) is 0 Å². The number of hydrogen-bond acceptors (Lipinski definition) is 1. The molecule has 0 fully saturated rings. The van der Waals surface area contributed by atoms with Gasteiger partial charge in [0.2, 0.25) is 0 Å². The minimum Gasteiger partial charge on any atom is -0.345 e. The van der Waals surface area contributed by atoms with E-state index >= 15 is 0 Å². The molecule has 1 atom stereocenters. The molecule has 0 aliphatic carbocycles. The largest absolute Gasteiger partial charge is 0.345 e. The summed E-state index contributed by atoms with van der Waals surface area (Å²) < 4.78 is 0. The highest BCUT2D eigenvalue weighted by molar-refractivity contribution is 5.31. The number of rotatable bonds is 0. The van der Waals surface area contributed by atoms with Crippen molar-refractivity contribution in [1.29, 1.82) is 0 Å². The van der Waals surface area contributed by atoms with Crippen molar-refractivity contribution in [3.05, 3.63) is 36.2 Å². The maximum absolute atomic E-state index is 2.36. The van der Waals surface area contributed by atoms with Crippen molar-refractivity contribution in [1.82, 2.24) is 4.90 Å². The smallest absolute Gasteiger partial charge is 0.0409 e. The zero-order valence-electron chi connectivity index (χ0n) is 8.62. The van der Waals surface area contributed by atoms with E-state index in [1.807, 2.05) is 0 Å². The normalized spacial score (nSPS) is 26.2. The van der Waals surface area contributed by atoms with E-state index in [1.54, 1.807) is 0 Å². The maximum Gasteiger partial charge on any atom is 0.0409 e. The molecule has 2 rings (SSSR count). The quantitative estimate of drug-likeness (QED) is 0.547. The summed E-state index contributed by atoms with van der Waals surface area (Å²) in [5.74, 6) is 0.571. The summed E-state index contributed by atoms with van der Waals surface area (Å²) in [5.41, 5.74) is 1.70. The number of nitrogens with zero attached hydrogens (tertiary/aromatic N) is 1. The van der Waals surface area contributed by atoms with E-state index in [4.69, 9.17) is 0 Å². The Kier molecular flexibility index (Phi) is 1.83. The van der Waals surface area contributed by atoms with Crippen LogP contribution in [0.3, 0.4) is 0 Å². The van der Waals surface area contributed by atoms with Gasteiger partial charge in [0.15, 0.2) is 0 Å². The van der Waals surface area contributed by atoms with Gasteiger partial charge < -0.3 is 4.90 Å². The van der Waals surface area contributed by atoms with Gasteiger partial charge in [-0.3, -0.25) is 0 Å². The van der Waals surface area contributed by atoms with Crippen molar-refractivity contribution >= 4 is 0 Å². The first-order chi connectivity index (χ1) is 6.07. The van der Waals surface area contributed by atoms with Gasteiger partial charge in [-0.05, 0) is 11.5 Å². The van der Waals surface area contributed by atoms with Crippen LogP contribution in [-0.4, -0.2) is 11.4 Å². The summed E-state index contributed by atoms with van der Waals surface area (Å²) in [6.07, 6.45) is 11.3. The molecule has 1 unspecified atom stereocenters. The van der Waals surface area contributed by atoms with Gasteiger partial charge in [-0.15, -0.1) is 0 Å². The fourth-order valence-corrected chi connectivity index (χ4v) is 1.76. The van der Waals surface area contributed by atoms with Crippen molar-refractivity contribution in [3.63, 3.8) is 0 Å². The Labute approximate surface area is 80.4 Å². The maximum atomic E-state index is 2.36. The minimum absolute atomic E-state index is 0.339.